The first-order valence-electron chi connectivity index (χ1n) is 19.1. The summed E-state index contributed by atoms with van der Waals surface area (Å²) in [4.78, 5) is 59.8. The molecule has 2 N–H and O–H groups in total. The molecule has 0 saturated heterocycles. The van der Waals surface area contributed by atoms with Gasteiger partial charge in [-0.05, 0) is 46.5 Å². The summed E-state index contributed by atoms with van der Waals surface area (Å²) < 4.78 is 0. The van der Waals surface area contributed by atoms with Gasteiger partial charge in [-0.25, -0.2) is 0 Å². The molecule has 6 rings (SSSR count). The van der Waals surface area contributed by atoms with Gasteiger partial charge < -0.3 is 20.4 Å². The van der Waals surface area contributed by atoms with Crippen LogP contribution in [0.2, 0.25) is 0 Å². The lowest BCUT2D eigenvalue weighted by molar-refractivity contribution is -0.134. The molecule has 58 heavy (non-hydrogen) atoms. The second-order valence-electron chi connectivity index (χ2n) is 13.7. The van der Waals surface area contributed by atoms with Gasteiger partial charge in [0.15, 0.2) is 0 Å². The van der Waals surface area contributed by atoms with Crippen LogP contribution in [0.3, 0.4) is 0 Å². The fourth-order valence-corrected chi connectivity index (χ4v) is 8.63. The fraction of sp³-hybridized carbons (Fsp3) is 0.167. The summed E-state index contributed by atoms with van der Waals surface area (Å²) in [5.41, 5.74) is 4.76. The zero-order valence-electron chi connectivity index (χ0n) is 32.1. The van der Waals surface area contributed by atoms with E-state index in [0.29, 0.717) is 37.3 Å². The highest BCUT2D eigenvalue weighted by Crippen LogP contribution is 2.26. The lowest BCUT2D eigenvalue weighted by atomic mass is 10.1. The highest BCUT2D eigenvalue weighted by Gasteiger charge is 2.30. The number of carbonyl (C=O) groups is 4. The molecule has 0 bridgehead atoms. The van der Waals surface area contributed by atoms with Crippen LogP contribution in [0.25, 0.3) is 0 Å². The number of carbonyl (C=O) groups excluding carboxylic acids is 4. The lowest BCUT2D eigenvalue weighted by Crippen LogP contribution is -2.50. The van der Waals surface area contributed by atoms with Gasteiger partial charge in [0.1, 0.15) is 12.1 Å². The molecule has 6 aromatic carbocycles. The van der Waals surface area contributed by atoms with E-state index >= 15 is 0 Å². The van der Waals surface area contributed by atoms with Crippen LogP contribution < -0.4 is 10.6 Å². The smallest absolute Gasteiger partial charge is 0.251 e. The number of nitrogens with one attached hydrogen (secondary N) is 2. The molecule has 0 spiro atoms. The van der Waals surface area contributed by atoms with Crippen molar-refractivity contribution in [1.82, 2.24) is 20.4 Å². The van der Waals surface area contributed by atoms with Gasteiger partial charge in [-0.2, -0.15) is 0 Å². The molecule has 10 heteroatoms. The number of amides is 4. The van der Waals surface area contributed by atoms with Crippen LogP contribution in [0, 0.1) is 0 Å². The molecular weight excluding hydrogens is 761 g/mol. The van der Waals surface area contributed by atoms with Gasteiger partial charge in [0.25, 0.3) is 11.8 Å². The minimum atomic E-state index is -0.890. The summed E-state index contributed by atoms with van der Waals surface area (Å²) in [7, 11) is 2.76. The Bertz CT molecular complexity index is 1940. The van der Waals surface area contributed by atoms with Crippen molar-refractivity contribution >= 4 is 45.2 Å². The third-order valence-electron chi connectivity index (χ3n) is 9.32. The molecule has 8 nitrogen and oxygen atoms in total. The molecule has 1 unspecified atom stereocenters. The standard InChI is InChI=1S/C48H46N4O4S2/c53-45(41-27-15-5-16-28-41)49-43(47(55)51(31-37-19-7-1-8-20-37)32-38-21-9-2-10-22-38)35-57-58-36-44(50-46(54)42-29-17-6-18-30-42)48(56)52(33-39-23-11-3-12-24-39)34-40-25-13-4-14-26-40/h1-30,43-44H,31-36H2,(H,49,53)(H,50,54)/t43-,44?/m0/s1. The Hall–Kier alpha value is -6.10. The number of hydrogen-bond donors (Lipinski definition) is 2. The molecule has 6 aromatic rings. The maximum atomic E-state index is 14.6. The third kappa shape index (κ3) is 12.7. The van der Waals surface area contributed by atoms with Crippen molar-refractivity contribution in [2.45, 2.75) is 38.3 Å². The van der Waals surface area contributed by atoms with Crippen LogP contribution in [-0.4, -0.2) is 57.0 Å². The number of rotatable bonds is 19. The normalized spacial score (nSPS) is 11.8. The minimum Gasteiger partial charge on any atom is -0.339 e. The van der Waals surface area contributed by atoms with Crippen LogP contribution in [0.15, 0.2) is 182 Å². The molecule has 4 amide bonds. The highest BCUT2D eigenvalue weighted by molar-refractivity contribution is 8.76. The predicted molar refractivity (Wildman–Crippen MR) is 235 cm³/mol. The van der Waals surface area contributed by atoms with E-state index in [-0.39, 0.29) is 35.1 Å². The molecule has 0 aliphatic heterocycles. The third-order valence-corrected chi connectivity index (χ3v) is 11.7. The number of hydrogen-bond acceptors (Lipinski definition) is 6. The Morgan fingerprint density at radius 3 is 0.879 bits per heavy atom. The largest absolute Gasteiger partial charge is 0.339 e. The zero-order chi connectivity index (χ0) is 40.4. The van der Waals surface area contributed by atoms with Gasteiger partial charge in [0.2, 0.25) is 11.8 Å². The topological polar surface area (TPSA) is 98.8 Å². The van der Waals surface area contributed by atoms with E-state index in [9.17, 15) is 19.2 Å². The Morgan fingerprint density at radius 1 is 0.379 bits per heavy atom. The molecule has 0 radical (unpaired) electrons. The van der Waals surface area contributed by atoms with Crippen LogP contribution >= 0.6 is 21.6 Å². The van der Waals surface area contributed by atoms with Crippen molar-refractivity contribution in [2.24, 2.45) is 0 Å². The van der Waals surface area contributed by atoms with Crippen molar-refractivity contribution < 1.29 is 19.2 Å². The maximum absolute atomic E-state index is 14.6. The summed E-state index contributed by atoms with van der Waals surface area (Å²) in [6.45, 7) is 1.41. The Labute approximate surface area is 348 Å². The van der Waals surface area contributed by atoms with Crippen LogP contribution in [-0.2, 0) is 35.8 Å². The highest BCUT2D eigenvalue weighted by atomic mass is 33.1. The molecule has 0 aromatic heterocycles. The Balaban J connectivity index is 1.22. The monoisotopic (exact) mass is 806 g/mol. The fourth-order valence-electron chi connectivity index (χ4n) is 6.32. The zero-order valence-corrected chi connectivity index (χ0v) is 33.7. The maximum Gasteiger partial charge on any atom is 0.251 e. The van der Waals surface area contributed by atoms with Crippen LogP contribution in [0.1, 0.15) is 43.0 Å². The van der Waals surface area contributed by atoms with Gasteiger partial charge in [0.05, 0.1) is 0 Å². The molecule has 0 fully saturated rings. The summed E-state index contributed by atoms with van der Waals surface area (Å²) in [5.74, 6) is -0.742. The van der Waals surface area contributed by atoms with E-state index in [2.05, 4.69) is 10.6 Å². The molecule has 0 aliphatic rings. The SMILES string of the molecule is O=C(NC(CSSC[C@H](NC(=O)c1ccccc1)C(=O)N(Cc1ccccc1)Cc1ccccc1)C(=O)N(Cc1ccccc1)Cc1ccccc1)c1ccccc1. The Morgan fingerprint density at radius 2 is 0.621 bits per heavy atom. The Kier molecular flexibility index (Phi) is 15.8. The first-order chi connectivity index (χ1) is 28.4. The van der Waals surface area contributed by atoms with Crippen molar-refractivity contribution in [2.75, 3.05) is 11.5 Å². The molecule has 0 saturated carbocycles. The average molecular weight is 807 g/mol. The summed E-state index contributed by atoms with van der Waals surface area (Å²) >= 11 is 0. The van der Waals surface area contributed by atoms with E-state index in [1.165, 1.54) is 21.6 Å². The van der Waals surface area contributed by atoms with Crippen molar-refractivity contribution in [3.8, 4) is 0 Å². The quantitative estimate of drug-likeness (QED) is 0.0631. The van der Waals surface area contributed by atoms with E-state index in [0.717, 1.165) is 22.3 Å². The van der Waals surface area contributed by atoms with E-state index in [4.69, 9.17) is 0 Å². The van der Waals surface area contributed by atoms with Crippen molar-refractivity contribution in [3.05, 3.63) is 215 Å². The second-order valence-corrected chi connectivity index (χ2v) is 16.2. The van der Waals surface area contributed by atoms with Gasteiger partial charge in [-0.1, -0.05) is 179 Å². The number of benzene rings is 6. The van der Waals surface area contributed by atoms with Crippen LogP contribution in [0.5, 0.6) is 0 Å². The predicted octanol–water partition coefficient (Wildman–Crippen LogP) is 8.42. The molecular formula is C48H46N4O4S2. The first kappa shape index (κ1) is 41.5. The second kappa shape index (κ2) is 22.0. The van der Waals surface area contributed by atoms with E-state index in [1.54, 1.807) is 58.3 Å². The molecule has 0 heterocycles. The van der Waals surface area contributed by atoms with Gasteiger partial charge in [0, 0.05) is 48.8 Å². The van der Waals surface area contributed by atoms with Crippen molar-refractivity contribution in [1.29, 1.82) is 0 Å². The molecule has 294 valence electrons. The average Bonchev–Trinajstić information content (AvgIpc) is 3.28. The van der Waals surface area contributed by atoms with Gasteiger partial charge in [-0.15, -0.1) is 0 Å². The lowest BCUT2D eigenvalue weighted by Gasteiger charge is -2.29. The van der Waals surface area contributed by atoms with Gasteiger partial charge >= 0.3 is 0 Å². The van der Waals surface area contributed by atoms with Crippen LogP contribution in [0.4, 0.5) is 0 Å². The molecule has 2 atom stereocenters. The summed E-state index contributed by atoms with van der Waals surface area (Å²) in [6.07, 6.45) is 0. The van der Waals surface area contributed by atoms with E-state index < -0.39 is 12.1 Å². The first-order valence-corrected chi connectivity index (χ1v) is 21.6. The molecule has 0 aliphatic carbocycles. The summed E-state index contributed by atoms with van der Waals surface area (Å²) in [6, 6.07) is 55.0. The minimum absolute atomic E-state index is 0.216. The van der Waals surface area contributed by atoms with Gasteiger partial charge in [-0.3, -0.25) is 19.2 Å². The summed E-state index contributed by atoms with van der Waals surface area (Å²) in [5, 5.41) is 6.03. The number of nitrogens with zero attached hydrogens (tertiary/aromatic N) is 2. The van der Waals surface area contributed by atoms with Crippen molar-refractivity contribution in [3.63, 3.8) is 0 Å². The van der Waals surface area contributed by atoms with E-state index in [1.807, 2.05) is 133 Å².